The van der Waals surface area contributed by atoms with Crippen molar-refractivity contribution in [3.63, 3.8) is 0 Å². The fraction of sp³-hybridized carbons (Fsp3) is 0.263. The lowest BCUT2D eigenvalue weighted by Gasteiger charge is -2.30. The Bertz CT molecular complexity index is 1050. The second kappa shape index (κ2) is 7.70. The molecule has 3 aromatic rings. The summed E-state index contributed by atoms with van der Waals surface area (Å²) in [4.78, 5) is 6.89. The molecule has 28 heavy (non-hydrogen) atoms. The number of rotatable bonds is 5. The van der Waals surface area contributed by atoms with Crippen LogP contribution < -0.4 is 10.0 Å². The molecule has 146 valence electrons. The summed E-state index contributed by atoms with van der Waals surface area (Å²) >= 11 is 0. The van der Waals surface area contributed by atoms with Crippen LogP contribution in [0.1, 0.15) is 11.9 Å². The van der Waals surface area contributed by atoms with E-state index in [2.05, 4.69) is 25.1 Å². The third-order valence-corrected chi connectivity index (χ3v) is 6.06. The van der Waals surface area contributed by atoms with Crippen molar-refractivity contribution >= 4 is 15.7 Å². The number of piperazine rings is 1. The van der Waals surface area contributed by atoms with E-state index in [0.29, 0.717) is 23.0 Å². The van der Waals surface area contributed by atoms with Gasteiger partial charge in [-0.1, -0.05) is 29.4 Å². The number of nitrogens with zero attached hydrogens (tertiary/aromatic N) is 3. The smallest absolute Gasteiger partial charge is 0.261 e. The molecule has 8 nitrogen and oxygen atoms in total. The van der Waals surface area contributed by atoms with Crippen LogP contribution in [0.3, 0.4) is 0 Å². The second-order valence-corrected chi connectivity index (χ2v) is 8.34. The number of anilines is 1. The summed E-state index contributed by atoms with van der Waals surface area (Å²) in [6, 6.07) is 15.2. The molecule has 1 unspecified atom stereocenters. The molecular weight excluding hydrogens is 378 g/mol. The van der Waals surface area contributed by atoms with Gasteiger partial charge >= 0.3 is 0 Å². The van der Waals surface area contributed by atoms with Crippen molar-refractivity contribution in [3.05, 3.63) is 60.4 Å². The second-order valence-electron chi connectivity index (χ2n) is 6.66. The molecule has 1 aliphatic rings. The lowest BCUT2D eigenvalue weighted by molar-refractivity contribution is 0.190. The number of aromatic nitrogens is 2. The van der Waals surface area contributed by atoms with E-state index < -0.39 is 10.0 Å². The van der Waals surface area contributed by atoms with E-state index in [1.807, 2.05) is 7.05 Å². The molecule has 1 atom stereocenters. The minimum absolute atomic E-state index is 0.0472. The summed E-state index contributed by atoms with van der Waals surface area (Å²) in [5.41, 5.74) is 1.08. The van der Waals surface area contributed by atoms with Crippen LogP contribution in [-0.2, 0) is 10.0 Å². The highest BCUT2D eigenvalue weighted by atomic mass is 32.2. The number of sulfonamides is 1. The highest BCUT2D eigenvalue weighted by Crippen LogP contribution is 2.25. The Labute approximate surface area is 163 Å². The highest BCUT2D eigenvalue weighted by Gasteiger charge is 2.25. The average molecular weight is 399 g/mol. The van der Waals surface area contributed by atoms with Crippen molar-refractivity contribution in [3.8, 4) is 11.5 Å². The van der Waals surface area contributed by atoms with Crippen molar-refractivity contribution in [2.75, 3.05) is 31.4 Å². The Morgan fingerprint density at radius 3 is 2.79 bits per heavy atom. The summed E-state index contributed by atoms with van der Waals surface area (Å²) in [7, 11) is -1.63. The zero-order chi connectivity index (χ0) is 19.6. The molecule has 0 aliphatic carbocycles. The molecular formula is C19H21N5O3S. The first-order valence-electron chi connectivity index (χ1n) is 8.96. The lowest BCUT2D eigenvalue weighted by Crippen LogP contribution is -2.44. The maximum absolute atomic E-state index is 12.5. The molecule has 1 fully saturated rings. The molecule has 2 heterocycles. The van der Waals surface area contributed by atoms with Crippen LogP contribution in [0.2, 0.25) is 0 Å². The number of likely N-dealkylation sites (N-methyl/N-ethyl adjacent to an activating group) is 1. The molecule has 2 aromatic carbocycles. The van der Waals surface area contributed by atoms with Gasteiger partial charge in [-0.25, -0.2) is 8.42 Å². The van der Waals surface area contributed by atoms with Gasteiger partial charge in [-0.3, -0.25) is 9.62 Å². The van der Waals surface area contributed by atoms with E-state index in [1.165, 1.54) is 0 Å². The Morgan fingerprint density at radius 2 is 2.00 bits per heavy atom. The predicted molar refractivity (Wildman–Crippen MR) is 105 cm³/mol. The van der Waals surface area contributed by atoms with Gasteiger partial charge in [0.05, 0.1) is 10.9 Å². The van der Waals surface area contributed by atoms with Crippen molar-refractivity contribution in [2.45, 2.75) is 10.9 Å². The van der Waals surface area contributed by atoms with Gasteiger partial charge in [-0.2, -0.15) is 4.98 Å². The molecule has 4 rings (SSSR count). The van der Waals surface area contributed by atoms with Crippen molar-refractivity contribution < 1.29 is 12.9 Å². The molecule has 9 heteroatoms. The molecule has 1 saturated heterocycles. The molecule has 1 aliphatic heterocycles. The quantitative estimate of drug-likeness (QED) is 0.678. The number of hydrogen-bond donors (Lipinski definition) is 2. The number of nitrogens with one attached hydrogen (secondary N) is 2. The topological polar surface area (TPSA) is 100 Å². The van der Waals surface area contributed by atoms with Crippen molar-refractivity contribution in [2.24, 2.45) is 0 Å². The van der Waals surface area contributed by atoms with E-state index in [9.17, 15) is 8.42 Å². The van der Waals surface area contributed by atoms with Gasteiger partial charge in [0.2, 0.25) is 0 Å². The SMILES string of the molecule is CN1CCNCC1c1noc(-c2cccc(NS(=O)(=O)c3ccccc3)c2)n1. The maximum Gasteiger partial charge on any atom is 0.261 e. The zero-order valence-corrected chi connectivity index (χ0v) is 16.2. The van der Waals surface area contributed by atoms with E-state index in [-0.39, 0.29) is 10.9 Å². The van der Waals surface area contributed by atoms with Gasteiger partial charge in [0.15, 0.2) is 5.82 Å². The van der Waals surface area contributed by atoms with Crippen molar-refractivity contribution in [1.29, 1.82) is 0 Å². The summed E-state index contributed by atoms with van der Waals surface area (Å²) in [5, 5.41) is 7.44. The first-order valence-corrected chi connectivity index (χ1v) is 10.4. The summed E-state index contributed by atoms with van der Waals surface area (Å²) in [6.45, 7) is 2.60. The lowest BCUT2D eigenvalue weighted by atomic mass is 10.2. The summed E-state index contributed by atoms with van der Waals surface area (Å²) in [5.74, 6) is 0.967. The molecule has 0 saturated carbocycles. The van der Waals surface area contributed by atoms with Gasteiger partial charge in [0.25, 0.3) is 15.9 Å². The van der Waals surface area contributed by atoms with Crippen LogP contribution in [-0.4, -0.2) is 50.1 Å². The van der Waals surface area contributed by atoms with E-state index >= 15 is 0 Å². The third kappa shape index (κ3) is 3.91. The van der Waals surface area contributed by atoms with Crippen LogP contribution >= 0.6 is 0 Å². The van der Waals surface area contributed by atoms with Crippen LogP contribution in [0, 0.1) is 0 Å². The minimum atomic E-state index is -3.66. The normalized spacial score (nSPS) is 18.1. The number of benzene rings is 2. The molecule has 0 bridgehead atoms. The monoisotopic (exact) mass is 399 g/mol. The van der Waals surface area contributed by atoms with Crippen LogP contribution in [0.15, 0.2) is 64.0 Å². The van der Waals surface area contributed by atoms with Crippen molar-refractivity contribution in [1.82, 2.24) is 20.4 Å². The zero-order valence-electron chi connectivity index (χ0n) is 15.4. The van der Waals surface area contributed by atoms with Crippen LogP contribution in [0.25, 0.3) is 11.5 Å². The number of hydrogen-bond acceptors (Lipinski definition) is 7. The fourth-order valence-electron chi connectivity index (χ4n) is 3.11. The molecule has 0 amide bonds. The van der Waals surface area contributed by atoms with E-state index in [0.717, 1.165) is 19.6 Å². The summed E-state index contributed by atoms with van der Waals surface area (Å²) in [6.07, 6.45) is 0. The Kier molecular flexibility index (Phi) is 5.12. The average Bonchev–Trinajstić information content (AvgIpc) is 3.19. The molecule has 2 N–H and O–H groups in total. The van der Waals surface area contributed by atoms with E-state index in [1.54, 1.807) is 54.6 Å². The molecule has 0 radical (unpaired) electrons. The Balaban J connectivity index is 1.56. The summed E-state index contributed by atoms with van der Waals surface area (Å²) < 4.78 is 33.1. The third-order valence-electron chi connectivity index (χ3n) is 4.67. The first kappa shape index (κ1) is 18.6. The van der Waals surface area contributed by atoms with Gasteiger partial charge in [-0.05, 0) is 37.4 Å². The maximum atomic E-state index is 12.5. The Hall–Kier alpha value is -2.75. The Morgan fingerprint density at radius 1 is 1.18 bits per heavy atom. The largest absolute Gasteiger partial charge is 0.334 e. The van der Waals surface area contributed by atoms with Crippen LogP contribution in [0.5, 0.6) is 0 Å². The fourth-order valence-corrected chi connectivity index (χ4v) is 4.18. The first-order chi connectivity index (χ1) is 13.5. The van der Waals surface area contributed by atoms with Gasteiger partial charge in [0, 0.05) is 30.9 Å². The van der Waals surface area contributed by atoms with Gasteiger partial charge < -0.3 is 9.84 Å². The highest BCUT2D eigenvalue weighted by molar-refractivity contribution is 7.92. The molecule has 1 aromatic heterocycles. The standard InChI is InChI=1S/C19H21N5O3S/c1-24-11-10-20-13-17(24)18-21-19(27-22-18)14-6-5-7-15(12-14)23-28(25,26)16-8-3-2-4-9-16/h2-9,12,17,20,23H,10-11,13H2,1H3. The van der Waals surface area contributed by atoms with E-state index in [4.69, 9.17) is 4.52 Å². The van der Waals surface area contributed by atoms with Crippen LogP contribution in [0.4, 0.5) is 5.69 Å². The predicted octanol–water partition coefficient (Wildman–Crippen LogP) is 2.11. The molecule has 0 spiro atoms. The minimum Gasteiger partial charge on any atom is -0.334 e. The van der Waals surface area contributed by atoms with Gasteiger partial charge in [0.1, 0.15) is 0 Å². The van der Waals surface area contributed by atoms with Gasteiger partial charge in [-0.15, -0.1) is 0 Å².